The van der Waals surface area contributed by atoms with E-state index >= 15 is 0 Å². The molecule has 0 amide bonds. The number of carboxylic acids is 1. The Labute approximate surface area is 219 Å². The van der Waals surface area contributed by atoms with Crippen molar-refractivity contribution in [1.29, 1.82) is 0 Å². The molecule has 1 aromatic carbocycles. The Balaban J connectivity index is 1.93. The van der Waals surface area contributed by atoms with Gasteiger partial charge in [0.25, 0.3) is 0 Å². The summed E-state index contributed by atoms with van der Waals surface area (Å²) in [7, 11) is 0. The molecule has 0 aliphatic heterocycles. The fourth-order valence-electron chi connectivity index (χ4n) is 4.76. The molecule has 0 spiro atoms. The van der Waals surface area contributed by atoms with Gasteiger partial charge in [0.2, 0.25) is 0 Å². The zero-order chi connectivity index (χ0) is 27.4. The molecule has 0 fully saturated rings. The van der Waals surface area contributed by atoms with Gasteiger partial charge in [0.05, 0.1) is 34.0 Å². The summed E-state index contributed by atoms with van der Waals surface area (Å²) in [6.07, 6.45) is -1.90. The Kier molecular flexibility index (Phi) is 6.22. The summed E-state index contributed by atoms with van der Waals surface area (Å²) >= 11 is 6.39. The summed E-state index contributed by atoms with van der Waals surface area (Å²) < 4.78 is 51.2. The minimum atomic E-state index is -4.86. The summed E-state index contributed by atoms with van der Waals surface area (Å²) in [4.78, 5) is 20.4. The maximum absolute atomic E-state index is 14.9. The highest BCUT2D eigenvalue weighted by Gasteiger charge is 2.42. The summed E-state index contributed by atoms with van der Waals surface area (Å²) in [6.45, 7) is 5.05. The van der Waals surface area contributed by atoms with Crippen molar-refractivity contribution in [3.63, 3.8) is 0 Å². The van der Waals surface area contributed by atoms with Gasteiger partial charge in [0.1, 0.15) is 11.5 Å². The summed E-state index contributed by atoms with van der Waals surface area (Å²) in [5, 5.41) is 13.4. The second kappa shape index (κ2) is 9.29. The van der Waals surface area contributed by atoms with Gasteiger partial charge < -0.3 is 14.2 Å². The fraction of sp³-hybridized carbons (Fsp3) is 0.185. The Morgan fingerprint density at radius 1 is 1.11 bits per heavy atom. The van der Waals surface area contributed by atoms with Crippen molar-refractivity contribution in [2.45, 2.75) is 33.0 Å². The molecule has 4 heterocycles. The lowest BCUT2D eigenvalue weighted by atomic mass is 10.0. The van der Waals surface area contributed by atoms with E-state index in [9.17, 15) is 23.1 Å². The monoisotopic (exact) mass is 540 g/mol. The van der Waals surface area contributed by atoms with Crippen molar-refractivity contribution in [2.75, 3.05) is 0 Å². The molecule has 1 atom stereocenters. The summed E-state index contributed by atoms with van der Waals surface area (Å²) in [6, 6.07) is 9.38. The standard InChI is InChI=1S/C27H20ClF3N4O3/c1-13-22(15(3)38-34-13)17-11-21-24(33-12-17)23(18-10-16(26(36)37)7-8-19(18)28)25(27(29,30)31)35(21)14(2)20-6-4-5-9-32-20/h4-12,14H,1-3H3,(H,36,37)/t14-/m0/s1. The number of aromatic carboxylic acids is 1. The van der Waals surface area contributed by atoms with Gasteiger partial charge in [-0.1, -0.05) is 22.8 Å². The Morgan fingerprint density at radius 2 is 1.87 bits per heavy atom. The first-order valence-corrected chi connectivity index (χ1v) is 11.8. The van der Waals surface area contributed by atoms with Crippen LogP contribution in [-0.2, 0) is 6.18 Å². The minimum Gasteiger partial charge on any atom is -0.478 e. The van der Waals surface area contributed by atoms with Crippen LogP contribution in [0.25, 0.3) is 33.3 Å². The largest absolute Gasteiger partial charge is 0.478 e. The number of aryl methyl sites for hydroxylation is 2. The van der Waals surface area contributed by atoms with E-state index in [2.05, 4.69) is 15.1 Å². The lowest BCUT2D eigenvalue weighted by Gasteiger charge is -2.21. The number of nitrogens with zero attached hydrogens (tertiary/aromatic N) is 4. The van der Waals surface area contributed by atoms with Crippen LogP contribution in [0.15, 0.2) is 59.4 Å². The molecule has 4 aromatic heterocycles. The highest BCUT2D eigenvalue weighted by atomic mass is 35.5. The first kappa shape index (κ1) is 25.5. The highest BCUT2D eigenvalue weighted by molar-refractivity contribution is 6.34. The van der Waals surface area contributed by atoms with E-state index in [4.69, 9.17) is 16.1 Å². The van der Waals surface area contributed by atoms with Crippen molar-refractivity contribution in [1.82, 2.24) is 19.7 Å². The molecule has 11 heteroatoms. The summed E-state index contributed by atoms with van der Waals surface area (Å²) in [5.41, 5.74) is 0.664. The van der Waals surface area contributed by atoms with Crippen molar-refractivity contribution < 1.29 is 27.6 Å². The maximum atomic E-state index is 14.9. The molecule has 5 aromatic rings. The van der Waals surface area contributed by atoms with Crippen LogP contribution in [0.5, 0.6) is 0 Å². The van der Waals surface area contributed by atoms with Crippen LogP contribution in [0.3, 0.4) is 0 Å². The first-order valence-electron chi connectivity index (χ1n) is 11.5. The normalized spacial score (nSPS) is 12.7. The number of rotatable bonds is 5. The average Bonchev–Trinajstić information content (AvgIpc) is 3.40. The second-order valence-corrected chi connectivity index (χ2v) is 9.22. The first-order chi connectivity index (χ1) is 18.0. The number of benzene rings is 1. The Hall–Kier alpha value is -4.18. The predicted octanol–water partition coefficient (Wildman–Crippen LogP) is 7.35. The van der Waals surface area contributed by atoms with E-state index in [1.165, 1.54) is 24.5 Å². The van der Waals surface area contributed by atoms with Crippen LogP contribution in [0.4, 0.5) is 13.2 Å². The molecule has 0 saturated carbocycles. The number of pyridine rings is 2. The van der Waals surface area contributed by atoms with Gasteiger partial charge in [-0.25, -0.2) is 4.79 Å². The smallest absolute Gasteiger partial charge is 0.432 e. The second-order valence-electron chi connectivity index (χ2n) is 8.81. The molecular weight excluding hydrogens is 521 g/mol. The van der Waals surface area contributed by atoms with Crippen molar-refractivity contribution >= 4 is 28.6 Å². The van der Waals surface area contributed by atoms with Crippen LogP contribution in [0.1, 0.15) is 46.2 Å². The Bertz CT molecular complexity index is 1670. The van der Waals surface area contributed by atoms with Gasteiger partial charge in [0.15, 0.2) is 0 Å². The predicted molar refractivity (Wildman–Crippen MR) is 135 cm³/mol. The SMILES string of the molecule is Cc1noc(C)c1-c1cnc2c(-c3cc(C(=O)O)ccc3Cl)c(C(F)(F)F)n([C@@H](C)c3ccccn3)c2c1. The molecule has 0 aliphatic carbocycles. The molecular formula is C27H20ClF3N4O3. The molecule has 0 aliphatic rings. The lowest BCUT2D eigenvalue weighted by Crippen LogP contribution is -2.19. The third-order valence-corrected chi connectivity index (χ3v) is 6.75. The number of hydrogen-bond acceptors (Lipinski definition) is 5. The molecule has 194 valence electrons. The number of aromatic nitrogens is 4. The highest BCUT2D eigenvalue weighted by Crippen LogP contribution is 2.47. The van der Waals surface area contributed by atoms with Gasteiger partial charge in [-0.05, 0) is 57.2 Å². The van der Waals surface area contributed by atoms with E-state index in [0.717, 1.165) is 10.6 Å². The van der Waals surface area contributed by atoms with Gasteiger partial charge >= 0.3 is 12.1 Å². The van der Waals surface area contributed by atoms with Gasteiger partial charge in [-0.2, -0.15) is 13.2 Å². The van der Waals surface area contributed by atoms with Crippen LogP contribution in [-0.4, -0.2) is 30.8 Å². The van der Waals surface area contributed by atoms with Crippen LogP contribution in [0, 0.1) is 13.8 Å². The van der Waals surface area contributed by atoms with Crippen molar-refractivity contribution in [3.05, 3.63) is 88.3 Å². The zero-order valence-corrected chi connectivity index (χ0v) is 21.1. The van der Waals surface area contributed by atoms with E-state index < -0.39 is 23.9 Å². The van der Waals surface area contributed by atoms with Crippen molar-refractivity contribution in [3.8, 4) is 22.3 Å². The molecule has 0 saturated heterocycles. The number of hydrogen-bond donors (Lipinski definition) is 1. The lowest BCUT2D eigenvalue weighted by molar-refractivity contribution is -0.143. The van der Waals surface area contributed by atoms with Gasteiger partial charge in [-0.15, -0.1) is 0 Å². The molecule has 38 heavy (non-hydrogen) atoms. The van der Waals surface area contributed by atoms with Gasteiger partial charge in [-0.3, -0.25) is 9.97 Å². The quantitative estimate of drug-likeness (QED) is 0.250. The van der Waals surface area contributed by atoms with E-state index in [1.807, 2.05) is 0 Å². The van der Waals surface area contributed by atoms with E-state index in [1.54, 1.807) is 45.0 Å². The minimum absolute atomic E-state index is 0.0139. The topological polar surface area (TPSA) is 94.0 Å². The van der Waals surface area contributed by atoms with Crippen molar-refractivity contribution in [2.24, 2.45) is 0 Å². The zero-order valence-electron chi connectivity index (χ0n) is 20.3. The maximum Gasteiger partial charge on any atom is 0.432 e. The number of halogens is 4. The van der Waals surface area contributed by atoms with Crippen LogP contribution >= 0.6 is 11.6 Å². The van der Waals surface area contributed by atoms with Crippen LogP contribution < -0.4 is 0 Å². The number of fused-ring (bicyclic) bond motifs is 1. The molecule has 0 radical (unpaired) electrons. The summed E-state index contributed by atoms with van der Waals surface area (Å²) in [5.74, 6) is -0.802. The molecule has 1 N–H and O–H groups in total. The molecule has 0 unspecified atom stereocenters. The third kappa shape index (κ3) is 4.20. The number of carbonyl (C=O) groups is 1. The van der Waals surface area contributed by atoms with E-state index in [0.29, 0.717) is 28.3 Å². The fourth-order valence-corrected chi connectivity index (χ4v) is 4.97. The van der Waals surface area contributed by atoms with Crippen LogP contribution in [0.2, 0.25) is 5.02 Å². The third-order valence-electron chi connectivity index (χ3n) is 6.42. The molecule has 0 bridgehead atoms. The Morgan fingerprint density at radius 3 is 2.47 bits per heavy atom. The van der Waals surface area contributed by atoms with Gasteiger partial charge in [0, 0.05) is 39.7 Å². The number of carboxylic acid groups (broad SMARTS) is 1. The number of alkyl halides is 3. The van der Waals surface area contributed by atoms with E-state index in [-0.39, 0.29) is 32.7 Å². The molecule has 5 rings (SSSR count). The molecule has 7 nitrogen and oxygen atoms in total. The average molecular weight is 541 g/mol.